The quantitative estimate of drug-likeness (QED) is 0.252. The fourth-order valence-corrected chi connectivity index (χ4v) is 8.02. The van der Waals surface area contributed by atoms with Crippen LogP contribution in [0.25, 0.3) is 11.1 Å². The molecule has 1 aromatic heterocycles. The average molecular weight is 635 g/mol. The molecular formula is C33H43ClN8O3. The predicted molar refractivity (Wildman–Crippen MR) is 175 cm³/mol. The average Bonchev–Trinajstić information content (AvgIpc) is 3.35. The van der Waals surface area contributed by atoms with Crippen LogP contribution in [-0.4, -0.2) is 102 Å². The molecule has 1 amide bonds. The fraction of sp³-hybridized carbons (Fsp3) is 0.576. The monoisotopic (exact) mass is 634 g/mol. The van der Waals surface area contributed by atoms with Crippen LogP contribution in [0.2, 0.25) is 5.02 Å². The number of amides is 1. The Morgan fingerprint density at radius 1 is 1.29 bits per heavy atom. The summed E-state index contributed by atoms with van der Waals surface area (Å²) in [7, 11) is 0. The molecule has 4 fully saturated rings. The molecule has 1 spiro atoms. The number of hydrogen-bond acceptors (Lipinski definition) is 9. The van der Waals surface area contributed by atoms with Crippen molar-refractivity contribution in [2.45, 2.75) is 57.7 Å². The second-order valence-corrected chi connectivity index (χ2v) is 13.8. The highest BCUT2D eigenvalue weighted by Crippen LogP contribution is 2.56. The molecule has 2 aromatic rings. The molecule has 3 saturated heterocycles. The minimum Gasteiger partial charge on any atom is -0.398 e. The van der Waals surface area contributed by atoms with Crippen LogP contribution >= 0.6 is 11.6 Å². The van der Waals surface area contributed by atoms with E-state index in [-0.39, 0.29) is 29.0 Å². The number of hydrogen-bond donors (Lipinski definition) is 2. The first-order valence-corrected chi connectivity index (χ1v) is 16.2. The molecule has 2 atom stereocenters. The largest absolute Gasteiger partial charge is 0.398 e. The summed E-state index contributed by atoms with van der Waals surface area (Å²) in [6.07, 6.45) is 5.13. The van der Waals surface area contributed by atoms with Crippen molar-refractivity contribution in [3.63, 3.8) is 0 Å². The number of aromatic nitrogens is 2. The maximum absolute atomic E-state index is 12.1. The summed E-state index contributed by atoms with van der Waals surface area (Å²) in [5.74, 6) is 0.651. The summed E-state index contributed by atoms with van der Waals surface area (Å²) in [5.41, 5.74) is 9.53. The normalized spacial score (nSPS) is 25.0. The van der Waals surface area contributed by atoms with E-state index in [2.05, 4.69) is 36.3 Å². The van der Waals surface area contributed by atoms with Crippen LogP contribution in [0.5, 0.6) is 0 Å². The Morgan fingerprint density at radius 2 is 2.04 bits per heavy atom. The van der Waals surface area contributed by atoms with E-state index < -0.39 is 0 Å². The van der Waals surface area contributed by atoms with Crippen LogP contribution in [0.15, 0.2) is 18.7 Å². The van der Waals surface area contributed by atoms with Gasteiger partial charge in [-0.3, -0.25) is 9.69 Å². The third-order valence-electron chi connectivity index (χ3n) is 10.4. The lowest BCUT2D eigenvalue weighted by atomic mass is 9.60. The molecule has 1 aliphatic carbocycles. The third kappa shape index (κ3) is 5.42. The highest BCUT2D eigenvalue weighted by Gasteiger charge is 2.55. The van der Waals surface area contributed by atoms with E-state index in [1.807, 2.05) is 16.5 Å². The molecule has 6 rings (SSSR count). The number of benzene rings is 1. The van der Waals surface area contributed by atoms with Gasteiger partial charge in [-0.15, -0.1) is 0 Å². The number of nitrogens with zero attached hydrogens (tertiary/aromatic N) is 6. The molecule has 3 aliphatic heterocycles. The Balaban J connectivity index is 1.40. The van der Waals surface area contributed by atoms with E-state index in [4.69, 9.17) is 37.3 Å². The Hall–Kier alpha value is -3.43. The van der Waals surface area contributed by atoms with Crippen LogP contribution in [-0.2, 0) is 14.3 Å². The van der Waals surface area contributed by atoms with Gasteiger partial charge < -0.3 is 30.4 Å². The van der Waals surface area contributed by atoms with Crippen molar-refractivity contribution >= 4 is 35.2 Å². The molecule has 1 unspecified atom stereocenters. The Morgan fingerprint density at radius 3 is 2.67 bits per heavy atom. The van der Waals surface area contributed by atoms with E-state index in [1.54, 1.807) is 6.07 Å². The smallest absolute Gasteiger partial charge is 0.245 e. The van der Waals surface area contributed by atoms with Crippen molar-refractivity contribution < 1.29 is 14.3 Å². The van der Waals surface area contributed by atoms with Crippen LogP contribution in [0, 0.1) is 29.1 Å². The van der Waals surface area contributed by atoms with Crippen LogP contribution in [0.3, 0.4) is 0 Å². The first-order valence-electron chi connectivity index (χ1n) is 15.8. The van der Waals surface area contributed by atoms with Gasteiger partial charge in [-0.05, 0) is 50.8 Å². The number of anilines is 2. The van der Waals surface area contributed by atoms with Gasteiger partial charge in [0.25, 0.3) is 0 Å². The molecule has 1 saturated carbocycles. The lowest BCUT2D eigenvalue weighted by Gasteiger charge is -2.58. The number of likely N-dealkylation sites (tertiary alicyclic amines) is 1. The van der Waals surface area contributed by atoms with Crippen LogP contribution < -0.4 is 10.6 Å². The summed E-state index contributed by atoms with van der Waals surface area (Å²) in [6.45, 7) is 16.3. The molecule has 4 heterocycles. The van der Waals surface area contributed by atoms with Gasteiger partial charge in [0.1, 0.15) is 11.8 Å². The van der Waals surface area contributed by atoms with Gasteiger partial charge in [-0.25, -0.2) is 4.68 Å². The number of nitrogens with one attached hydrogen (secondary N) is 1. The van der Waals surface area contributed by atoms with Crippen LogP contribution in [0.4, 0.5) is 11.5 Å². The second kappa shape index (κ2) is 12.1. The number of ether oxygens (including phenoxy) is 2. The molecule has 45 heavy (non-hydrogen) atoms. The highest BCUT2D eigenvalue weighted by atomic mass is 35.5. The molecule has 0 radical (unpaired) electrons. The molecule has 11 nitrogen and oxygen atoms in total. The van der Waals surface area contributed by atoms with E-state index in [9.17, 15) is 10.1 Å². The first-order chi connectivity index (χ1) is 21.6. The lowest BCUT2D eigenvalue weighted by molar-refractivity contribution is -0.149. The van der Waals surface area contributed by atoms with Gasteiger partial charge in [0.2, 0.25) is 5.91 Å². The Bertz CT molecular complexity index is 1550. The predicted octanol–water partition coefficient (Wildman–Crippen LogP) is 4.02. The van der Waals surface area contributed by atoms with Gasteiger partial charge >= 0.3 is 0 Å². The molecular weight excluding hydrogens is 592 g/mol. The number of nitrogen functional groups attached to an aromatic ring is 1. The van der Waals surface area contributed by atoms with Gasteiger partial charge in [-0.2, -0.15) is 10.4 Å². The van der Waals surface area contributed by atoms with Crippen molar-refractivity contribution in [3.05, 3.63) is 40.6 Å². The molecule has 240 valence electrons. The number of piperazine rings is 1. The zero-order valence-corrected chi connectivity index (χ0v) is 27.2. The molecule has 12 heteroatoms. The zero-order chi connectivity index (χ0) is 32.1. The third-order valence-corrected chi connectivity index (χ3v) is 10.8. The summed E-state index contributed by atoms with van der Waals surface area (Å²) in [4.78, 5) is 18.7. The van der Waals surface area contributed by atoms with Gasteiger partial charge in [0, 0.05) is 67.7 Å². The topological polar surface area (TPSA) is 137 Å². The standard InChI is InChI=1S/C33H43ClN8O3/c1-5-27(43)40-19-33(20-40)12-22(13-33)42-26(15-36)29(28-24(14-35)25(37)11-21(3)30(28)34)31(38-42)41-8-7-39(18-32(41,4)6-2)16-23-17-44-9-10-45-23/h5,11,14,22-23,35H,1,6-10,12-13,16-20,37H2,2-4H3/t23?,32-/m0/s1. The SMILES string of the molecule is C=CC(=O)N1CC2(CC(n3nc(N4CCN(CC5COCCO5)C[C@]4(C)CC)c(-c4c(Cl)c(C)cc(N)c4C=N)c3C#N)C2)C1. The number of aryl methyl sites for hydroxylation is 1. The molecule has 0 bridgehead atoms. The van der Waals surface area contributed by atoms with Gasteiger partial charge in [0.15, 0.2) is 5.82 Å². The minimum atomic E-state index is -0.304. The van der Waals surface area contributed by atoms with Crippen molar-refractivity contribution in [2.24, 2.45) is 5.41 Å². The fourth-order valence-electron chi connectivity index (χ4n) is 7.77. The summed E-state index contributed by atoms with van der Waals surface area (Å²) < 4.78 is 13.5. The summed E-state index contributed by atoms with van der Waals surface area (Å²) >= 11 is 7.03. The second-order valence-electron chi connectivity index (χ2n) is 13.4. The number of halogens is 1. The maximum Gasteiger partial charge on any atom is 0.245 e. The number of nitrogens with two attached hydrogens (primary N) is 1. The number of carbonyl (C=O) groups is 1. The summed E-state index contributed by atoms with van der Waals surface area (Å²) in [6, 6.07) is 4.26. The Kier molecular flexibility index (Phi) is 8.46. The number of rotatable bonds is 8. The zero-order valence-electron chi connectivity index (χ0n) is 26.4. The lowest BCUT2D eigenvalue weighted by Crippen LogP contribution is -2.63. The number of carbonyl (C=O) groups excluding carboxylic acids is 1. The van der Waals surface area contributed by atoms with Crippen molar-refractivity contribution in [1.29, 1.82) is 10.7 Å². The van der Waals surface area contributed by atoms with Crippen molar-refractivity contribution in [3.8, 4) is 17.2 Å². The highest BCUT2D eigenvalue weighted by molar-refractivity contribution is 6.35. The first kappa shape index (κ1) is 31.5. The molecule has 1 aromatic carbocycles. The minimum absolute atomic E-state index is 0.00937. The van der Waals surface area contributed by atoms with E-state index in [0.717, 1.165) is 44.5 Å². The Labute approximate surface area is 270 Å². The van der Waals surface area contributed by atoms with Gasteiger partial charge in [0.05, 0.1) is 48.1 Å². The van der Waals surface area contributed by atoms with E-state index >= 15 is 0 Å². The molecule has 3 N–H and O–H groups in total. The van der Waals surface area contributed by atoms with Crippen LogP contribution in [0.1, 0.15) is 56.0 Å². The maximum atomic E-state index is 12.1. The van der Waals surface area contributed by atoms with Gasteiger partial charge in [-0.1, -0.05) is 25.1 Å². The number of nitriles is 1. The van der Waals surface area contributed by atoms with Crippen molar-refractivity contribution in [2.75, 3.05) is 69.7 Å². The summed E-state index contributed by atoms with van der Waals surface area (Å²) in [5, 5.41) is 24.7. The van der Waals surface area contributed by atoms with Crippen molar-refractivity contribution in [1.82, 2.24) is 19.6 Å². The molecule has 4 aliphatic rings. The van der Waals surface area contributed by atoms with E-state index in [0.29, 0.717) is 78.4 Å². The van der Waals surface area contributed by atoms with E-state index in [1.165, 1.54) is 12.3 Å².